The van der Waals surface area contributed by atoms with Gasteiger partial charge in [-0.25, -0.2) is 0 Å². The molecule has 1 aliphatic carbocycles. The highest BCUT2D eigenvalue weighted by molar-refractivity contribution is 5.82. The van der Waals surface area contributed by atoms with Crippen molar-refractivity contribution in [2.75, 3.05) is 6.61 Å². The second-order valence-electron chi connectivity index (χ2n) is 7.18. The highest BCUT2D eigenvalue weighted by Crippen LogP contribution is 2.23. The van der Waals surface area contributed by atoms with E-state index in [-0.39, 0.29) is 40.6 Å². The number of aromatic nitrogens is 1. The molecular formula is C23H21NO5. The molecule has 29 heavy (non-hydrogen) atoms. The summed E-state index contributed by atoms with van der Waals surface area (Å²) in [5, 5.41) is 0.831. The van der Waals surface area contributed by atoms with Crippen molar-refractivity contribution >= 4 is 27.8 Å². The molecule has 2 aliphatic rings. The lowest BCUT2D eigenvalue weighted by Crippen LogP contribution is -2.24. The lowest BCUT2D eigenvalue weighted by atomic mass is 10.1. The van der Waals surface area contributed by atoms with Gasteiger partial charge in [0.1, 0.15) is 5.35 Å². The Morgan fingerprint density at radius 2 is 1.79 bits per heavy atom. The van der Waals surface area contributed by atoms with Gasteiger partial charge in [-0.05, 0) is 38.5 Å². The summed E-state index contributed by atoms with van der Waals surface area (Å²) in [5.74, 6) is -0.363. The molecule has 6 nitrogen and oxygen atoms in total. The number of carbonyl (C=O) groups is 1. The molecule has 0 saturated heterocycles. The fourth-order valence-electron chi connectivity index (χ4n) is 3.80. The van der Waals surface area contributed by atoms with E-state index in [1.165, 1.54) is 0 Å². The van der Waals surface area contributed by atoms with E-state index in [0.29, 0.717) is 21.9 Å². The third-order valence-corrected chi connectivity index (χ3v) is 5.09. The zero-order valence-electron chi connectivity index (χ0n) is 16.5. The van der Waals surface area contributed by atoms with Crippen LogP contribution in [0.1, 0.15) is 31.9 Å². The monoisotopic (exact) mass is 391 g/mol. The number of hydrogen-bond acceptors (Lipinski definition) is 5. The van der Waals surface area contributed by atoms with Gasteiger partial charge < -0.3 is 13.7 Å². The highest BCUT2D eigenvalue weighted by Gasteiger charge is 2.20. The molecule has 148 valence electrons. The van der Waals surface area contributed by atoms with E-state index in [2.05, 4.69) is 0 Å². The van der Waals surface area contributed by atoms with Gasteiger partial charge in [-0.1, -0.05) is 30.3 Å². The molecule has 2 aromatic rings. The SMILES string of the molecule is CCOC(=O)CC(C)n1c2c(=O)c3ccccc3c(=O)c=2oc2ccc(C)cc21. The number of hydrogen-bond donors (Lipinski definition) is 0. The van der Waals surface area contributed by atoms with Crippen molar-refractivity contribution < 1.29 is 13.9 Å². The first-order valence-corrected chi connectivity index (χ1v) is 9.58. The van der Waals surface area contributed by atoms with Crippen LogP contribution in [0.2, 0.25) is 0 Å². The normalized spacial score (nSPS) is 12.5. The van der Waals surface area contributed by atoms with Crippen LogP contribution in [-0.2, 0) is 9.53 Å². The summed E-state index contributed by atoms with van der Waals surface area (Å²) in [4.78, 5) is 38.6. The number of fused-ring (bicyclic) bond motifs is 2. The number of aryl methyl sites for hydroxylation is 1. The zero-order valence-corrected chi connectivity index (χ0v) is 16.5. The number of rotatable bonds is 4. The molecule has 0 amide bonds. The Hall–Kier alpha value is -3.41. The third-order valence-electron chi connectivity index (χ3n) is 5.09. The van der Waals surface area contributed by atoms with Crippen molar-refractivity contribution in [1.29, 1.82) is 0 Å². The van der Waals surface area contributed by atoms with Crippen LogP contribution in [0.5, 0.6) is 0 Å². The standard InChI is InChI=1S/C23H21NO5/c1-4-28-19(25)12-14(3)24-17-11-13(2)9-10-18(17)29-23-20(24)21(26)15-7-5-6-8-16(15)22(23)27/h5-11,14H,4,12H2,1-3H3. The van der Waals surface area contributed by atoms with Gasteiger partial charge in [0.05, 0.1) is 18.5 Å². The first-order valence-electron chi connectivity index (χ1n) is 9.58. The van der Waals surface area contributed by atoms with Crippen LogP contribution in [0, 0.1) is 17.7 Å². The average molecular weight is 391 g/mol. The molecule has 1 atom stereocenters. The predicted molar refractivity (Wildman–Crippen MR) is 110 cm³/mol. The van der Waals surface area contributed by atoms with E-state index in [0.717, 1.165) is 5.56 Å². The van der Waals surface area contributed by atoms with Gasteiger partial charge in [0.15, 0.2) is 5.58 Å². The largest absolute Gasteiger partial charge is 0.466 e. The quantitative estimate of drug-likeness (QED) is 0.496. The summed E-state index contributed by atoms with van der Waals surface area (Å²) in [6.07, 6.45) is 0.0706. The number of benzene rings is 2. The Kier molecular flexibility index (Phi) is 4.70. The fraction of sp³-hybridized carbons (Fsp3) is 0.261. The summed E-state index contributed by atoms with van der Waals surface area (Å²) < 4.78 is 12.7. The second-order valence-corrected chi connectivity index (χ2v) is 7.18. The summed E-state index contributed by atoms with van der Waals surface area (Å²) in [7, 11) is 0. The van der Waals surface area contributed by atoms with Crippen molar-refractivity contribution in [3.8, 4) is 0 Å². The minimum absolute atomic E-state index is 0.000705. The molecular weight excluding hydrogens is 370 g/mol. The van der Waals surface area contributed by atoms with Crippen LogP contribution < -0.4 is 10.9 Å². The topological polar surface area (TPSA) is 78.5 Å². The van der Waals surface area contributed by atoms with Crippen molar-refractivity contribution in [2.45, 2.75) is 33.2 Å². The molecule has 0 saturated carbocycles. The number of esters is 1. The van der Waals surface area contributed by atoms with Gasteiger partial charge in [-0.3, -0.25) is 14.4 Å². The van der Waals surface area contributed by atoms with E-state index in [1.54, 1.807) is 41.8 Å². The fourth-order valence-corrected chi connectivity index (χ4v) is 3.80. The number of ether oxygens (including phenoxy) is 1. The lowest BCUT2D eigenvalue weighted by Gasteiger charge is -2.19. The highest BCUT2D eigenvalue weighted by atomic mass is 16.5. The second kappa shape index (κ2) is 7.20. The molecule has 1 aliphatic heterocycles. The molecule has 4 rings (SSSR count). The molecule has 2 aromatic carbocycles. The molecule has 0 aromatic heterocycles. The summed E-state index contributed by atoms with van der Waals surface area (Å²) in [6.45, 7) is 5.79. The maximum Gasteiger partial charge on any atom is 0.307 e. The lowest BCUT2D eigenvalue weighted by molar-refractivity contribution is -0.143. The van der Waals surface area contributed by atoms with Gasteiger partial charge in [0.25, 0.3) is 0 Å². The van der Waals surface area contributed by atoms with Crippen LogP contribution in [0.3, 0.4) is 0 Å². The summed E-state index contributed by atoms with van der Waals surface area (Å²) in [6, 6.07) is 11.8. The predicted octanol–water partition coefficient (Wildman–Crippen LogP) is 3.66. The first-order chi connectivity index (χ1) is 13.9. The van der Waals surface area contributed by atoms with E-state index in [9.17, 15) is 14.4 Å². The number of carbonyl (C=O) groups excluding carboxylic acids is 1. The van der Waals surface area contributed by atoms with Crippen LogP contribution >= 0.6 is 0 Å². The summed E-state index contributed by atoms with van der Waals surface area (Å²) >= 11 is 0. The molecule has 0 bridgehead atoms. The third kappa shape index (κ3) is 3.10. The Morgan fingerprint density at radius 1 is 1.10 bits per heavy atom. The minimum atomic E-state index is -0.412. The molecule has 0 radical (unpaired) electrons. The van der Waals surface area contributed by atoms with Crippen LogP contribution in [0.4, 0.5) is 0 Å². The Bertz CT molecular complexity index is 1430. The van der Waals surface area contributed by atoms with Gasteiger partial charge in [-0.2, -0.15) is 0 Å². The Labute approximate surface area is 166 Å². The van der Waals surface area contributed by atoms with Crippen molar-refractivity contribution in [1.82, 2.24) is 4.57 Å². The van der Waals surface area contributed by atoms with Crippen LogP contribution in [0.25, 0.3) is 21.9 Å². The van der Waals surface area contributed by atoms with E-state index < -0.39 is 6.04 Å². The van der Waals surface area contributed by atoms with Crippen molar-refractivity contribution in [3.63, 3.8) is 0 Å². The minimum Gasteiger partial charge on any atom is -0.466 e. The molecule has 0 fully saturated rings. The Balaban J connectivity index is 2.20. The van der Waals surface area contributed by atoms with Gasteiger partial charge in [0, 0.05) is 16.8 Å². The van der Waals surface area contributed by atoms with Crippen molar-refractivity contribution in [3.05, 3.63) is 79.2 Å². The molecule has 6 heteroatoms. The van der Waals surface area contributed by atoms with Crippen LogP contribution in [-0.4, -0.2) is 17.1 Å². The smallest absolute Gasteiger partial charge is 0.307 e. The Morgan fingerprint density at radius 3 is 2.48 bits per heavy atom. The summed E-state index contributed by atoms with van der Waals surface area (Å²) in [5.41, 5.74) is 1.47. The molecule has 1 unspecified atom stereocenters. The van der Waals surface area contributed by atoms with E-state index in [1.807, 2.05) is 26.0 Å². The maximum atomic E-state index is 13.4. The van der Waals surface area contributed by atoms with E-state index in [4.69, 9.17) is 9.15 Å². The first kappa shape index (κ1) is 18.9. The van der Waals surface area contributed by atoms with Gasteiger partial charge in [0.2, 0.25) is 16.3 Å². The maximum absolute atomic E-state index is 13.4. The van der Waals surface area contributed by atoms with Gasteiger partial charge in [-0.15, -0.1) is 0 Å². The molecule has 0 N–H and O–H groups in total. The molecule has 0 spiro atoms. The average Bonchev–Trinajstić information content (AvgIpc) is 2.70. The van der Waals surface area contributed by atoms with Crippen LogP contribution in [0.15, 0.2) is 56.5 Å². The number of nitrogens with zero attached hydrogens (tertiary/aromatic N) is 1. The zero-order chi connectivity index (χ0) is 20.7. The molecule has 1 heterocycles. The van der Waals surface area contributed by atoms with E-state index >= 15 is 0 Å². The van der Waals surface area contributed by atoms with Gasteiger partial charge >= 0.3 is 5.97 Å². The van der Waals surface area contributed by atoms with Crippen molar-refractivity contribution in [2.24, 2.45) is 0 Å².